The van der Waals surface area contributed by atoms with E-state index in [1.807, 2.05) is 0 Å². The molecule has 0 N–H and O–H groups in total. The van der Waals surface area contributed by atoms with Crippen molar-refractivity contribution in [2.75, 3.05) is 4.90 Å². The van der Waals surface area contributed by atoms with E-state index in [0.717, 1.165) is 22.7 Å². The molecule has 0 amide bonds. The number of benzene rings is 9. The number of nitrogens with zero attached hydrogens (tertiary/aromatic N) is 2. The number of rotatable bonds is 6. The van der Waals surface area contributed by atoms with Crippen LogP contribution in [0.1, 0.15) is 0 Å². The first kappa shape index (κ1) is 30.0. The second-order valence-corrected chi connectivity index (χ2v) is 13.4. The van der Waals surface area contributed by atoms with Crippen molar-refractivity contribution in [3.8, 4) is 27.9 Å². The summed E-state index contributed by atoms with van der Waals surface area (Å²) in [7, 11) is 0. The molecule has 0 bridgehead atoms. The summed E-state index contributed by atoms with van der Waals surface area (Å²) < 4.78 is 2.43. The molecule has 0 radical (unpaired) electrons. The van der Waals surface area contributed by atoms with Gasteiger partial charge in [0.2, 0.25) is 0 Å². The minimum Gasteiger partial charge on any atom is -0.311 e. The van der Waals surface area contributed by atoms with Crippen molar-refractivity contribution in [1.29, 1.82) is 0 Å². The normalized spacial score (nSPS) is 11.5. The van der Waals surface area contributed by atoms with Gasteiger partial charge in [-0.2, -0.15) is 0 Å². The number of anilines is 3. The average Bonchev–Trinajstić information content (AvgIpc) is 3.57. The highest BCUT2D eigenvalue weighted by Crippen LogP contribution is 2.40. The van der Waals surface area contributed by atoms with Gasteiger partial charge in [0.1, 0.15) is 0 Å². The summed E-state index contributed by atoms with van der Waals surface area (Å²) in [4.78, 5) is 2.35. The molecule has 0 aliphatic rings. The molecule has 0 saturated heterocycles. The van der Waals surface area contributed by atoms with Crippen LogP contribution in [0, 0.1) is 0 Å². The van der Waals surface area contributed by atoms with Crippen molar-refractivity contribution in [3.63, 3.8) is 0 Å². The quantitative estimate of drug-likeness (QED) is 0.172. The molecule has 2 nitrogen and oxygen atoms in total. The molecule has 10 aromatic rings. The molecule has 9 aromatic carbocycles. The SMILES string of the molecule is c1ccc(-c2ccc(N(c3ccc(-c4cccc5ccccc45)cc3)c3ccc(-n4c5ccccc5c5ccc6ccccc6c54)cc3)cc2)cc1. The van der Waals surface area contributed by atoms with Gasteiger partial charge in [-0.05, 0) is 93.0 Å². The molecule has 0 atom stereocenters. The minimum atomic E-state index is 1.10. The zero-order chi connectivity index (χ0) is 34.4. The summed E-state index contributed by atoms with van der Waals surface area (Å²) in [5.41, 5.74) is 11.7. The van der Waals surface area contributed by atoms with Crippen LogP contribution in [-0.4, -0.2) is 4.57 Å². The lowest BCUT2D eigenvalue weighted by Crippen LogP contribution is -2.10. The molecule has 0 spiro atoms. The Morgan fingerprint density at radius 1 is 0.308 bits per heavy atom. The standard InChI is InChI=1S/C50H34N2/c1-2-11-35(12-3-1)36-21-26-40(27-22-36)51(41-28-23-39(24-29-41)45-19-10-15-37-13-4-6-16-44(37)45)42-30-32-43(33-31-42)52-49-20-9-8-18-47(49)48-34-25-38-14-5-7-17-46(38)50(48)52/h1-34H. The maximum absolute atomic E-state index is 2.43. The fourth-order valence-electron chi connectivity index (χ4n) is 7.90. The van der Waals surface area contributed by atoms with Gasteiger partial charge < -0.3 is 9.47 Å². The Morgan fingerprint density at radius 3 is 1.54 bits per heavy atom. The van der Waals surface area contributed by atoms with Crippen molar-refractivity contribution in [3.05, 3.63) is 206 Å². The molecule has 2 heteroatoms. The van der Waals surface area contributed by atoms with Gasteiger partial charge in [0.05, 0.1) is 11.0 Å². The predicted molar refractivity (Wildman–Crippen MR) is 221 cm³/mol. The van der Waals surface area contributed by atoms with E-state index in [1.54, 1.807) is 0 Å². The van der Waals surface area contributed by atoms with E-state index in [2.05, 4.69) is 216 Å². The van der Waals surface area contributed by atoms with Crippen LogP contribution in [0.2, 0.25) is 0 Å². The van der Waals surface area contributed by atoms with Crippen molar-refractivity contribution in [1.82, 2.24) is 4.57 Å². The highest BCUT2D eigenvalue weighted by Gasteiger charge is 2.17. The molecular weight excluding hydrogens is 629 g/mol. The van der Waals surface area contributed by atoms with Crippen molar-refractivity contribution in [2.24, 2.45) is 0 Å². The van der Waals surface area contributed by atoms with Gasteiger partial charge in [-0.15, -0.1) is 0 Å². The highest BCUT2D eigenvalue weighted by atomic mass is 15.1. The van der Waals surface area contributed by atoms with E-state index in [4.69, 9.17) is 0 Å². The molecule has 52 heavy (non-hydrogen) atoms. The summed E-state index contributed by atoms with van der Waals surface area (Å²) in [5, 5.41) is 7.54. The average molecular weight is 663 g/mol. The zero-order valence-corrected chi connectivity index (χ0v) is 28.5. The fourth-order valence-corrected chi connectivity index (χ4v) is 7.90. The van der Waals surface area contributed by atoms with E-state index in [0.29, 0.717) is 0 Å². The Hall–Kier alpha value is -6.90. The summed E-state index contributed by atoms with van der Waals surface area (Å²) >= 11 is 0. The maximum atomic E-state index is 2.43. The van der Waals surface area contributed by atoms with E-state index in [9.17, 15) is 0 Å². The second kappa shape index (κ2) is 12.5. The van der Waals surface area contributed by atoms with E-state index in [1.165, 1.54) is 65.6 Å². The van der Waals surface area contributed by atoms with Crippen LogP contribution >= 0.6 is 0 Å². The molecule has 1 aromatic heterocycles. The smallest absolute Gasteiger partial charge is 0.0619 e. The Kier molecular flexibility index (Phi) is 7.18. The third-order valence-electron chi connectivity index (χ3n) is 10.4. The van der Waals surface area contributed by atoms with Crippen LogP contribution in [-0.2, 0) is 0 Å². The first-order valence-corrected chi connectivity index (χ1v) is 17.9. The zero-order valence-electron chi connectivity index (χ0n) is 28.5. The van der Waals surface area contributed by atoms with Crippen LogP contribution < -0.4 is 4.90 Å². The summed E-state index contributed by atoms with van der Waals surface area (Å²) in [6, 6.07) is 74.6. The van der Waals surface area contributed by atoms with Gasteiger partial charge in [0, 0.05) is 38.9 Å². The molecule has 0 saturated carbocycles. The summed E-state index contributed by atoms with van der Waals surface area (Å²) in [5.74, 6) is 0. The van der Waals surface area contributed by atoms with E-state index in [-0.39, 0.29) is 0 Å². The fraction of sp³-hybridized carbons (Fsp3) is 0. The van der Waals surface area contributed by atoms with Crippen LogP contribution in [0.3, 0.4) is 0 Å². The monoisotopic (exact) mass is 662 g/mol. The molecular formula is C50H34N2. The second-order valence-electron chi connectivity index (χ2n) is 13.4. The third kappa shape index (κ3) is 5.04. The Balaban J connectivity index is 1.10. The Labute approximate surface area is 303 Å². The number of fused-ring (bicyclic) bond motifs is 6. The van der Waals surface area contributed by atoms with Crippen molar-refractivity contribution in [2.45, 2.75) is 0 Å². The predicted octanol–water partition coefficient (Wildman–Crippen LogP) is 13.9. The molecule has 0 aliphatic carbocycles. The third-order valence-corrected chi connectivity index (χ3v) is 10.4. The molecule has 1 heterocycles. The maximum Gasteiger partial charge on any atom is 0.0619 e. The van der Waals surface area contributed by atoms with Gasteiger partial charge in [-0.25, -0.2) is 0 Å². The minimum absolute atomic E-state index is 1.10. The van der Waals surface area contributed by atoms with Crippen LogP contribution in [0.4, 0.5) is 17.1 Å². The Morgan fingerprint density at radius 2 is 0.827 bits per heavy atom. The van der Waals surface area contributed by atoms with Crippen LogP contribution in [0.25, 0.3) is 71.3 Å². The van der Waals surface area contributed by atoms with Gasteiger partial charge in [-0.1, -0.05) is 152 Å². The van der Waals surface area contributed by atoms with Crippen molar-refractivity contribution < 1.29 is 0 Å². The lowest BCUT2D eigenvalue weighted by molar-refractivity contribution is 1.18. The van der Waals surface area contributed by atoms with E-state index < -0.39 is 0 Å². The number of hydrogen-bond donors (Lipinski definition) is 0. The first-order chi connectivity index (χ1) is 25.8. The first-order valence-electron chi connectivity index (χ1n) is 17.9. The van der Waals surface area contributed by atoms with E-state index >= 15 is 0 Å². The summed E-state index contributed by atoms with van der Waals surface area (Å²) in [6.45, 7) is 0. The Bertz CT molecular complexity index is 2860. The lowest BCUT2D eigenvalue weighted by Gasteiger charge is -2.26. The lowest BCUT2D eigenvalue weighted by atomic mass is 9.98. The van der Waals surface area contributed by atoms with Crippen molar-refractivity contribution >= 4 is 60.4 Å². The largest absolute Gasteiger partial charge is 0.311 e. The molecule has 244 valence electrons. The summed E-state index contributed by atoms with van der Waals surface area (Å²) in [6.07, 6.45) is 0. The number of para-hydroxylation sites is 1. The van der Waals surface area contributed by atoms with Crippen LogP contribution in [0.5, 0.6) is 0 Å². The molecule has 0 unspecified atom stereocenters. The number of hydrogen-bond acceptors (Lipinski definition) is 1. The van der Waals surface area contributed by atoms with Crippen LogP contribution in [0.15, 0.2) is 206 Å². The van der Waals surface area contributed by atoms with Gasteiger partial charge in [0.25, 0.3) is 0 Å². The number of aromatic nitrogens is 1. The molecule has 0 aliphatic heterocycles. The molecule has 10 rings (SSSR count). The van der Waals surface area contributed by atoms with Gasteiger partial charge in [-0.3, -0.25) is 0 Å². The molecule has 0 fully saturated rings. The highest BCUT2D eigenvalue weighted by molar-refractivity contribution is 6.18. The van der Waals surface area contributed by atoms with Gasteiger partial charge in [0.15, 0.2) is 0 Å². The topological polar surface area (TPSA) is 8.17 Å². The van der Waals surface area contributed by atoms with Gasteiger partial charge >= 0.3 is 0 Å².